The number of aryl methyl sites for hydroxylation is 1. The molecule has 4 heteroatoms. The van der Waals surface area contributed by atoms with Crippen molar-refractivity contribution in [1.29, 1.82) is 0 Å². The molecule has 0 aliphatic rings. The Morgan fingerprint density at radius 2 is 2.36 bits per heavy atom. The van der Waals surface area contributed by atoms with Crippen LogP contribution in [0.1, 0.15) is 13.8 Å². The fourth-order valence-corrected chi connectivity index (χ4v) is 1.93. The third-order valence-electron chi connectivity index (χ3n) is 1.84. The topological polar surface area (TPSA) is 29.9 Å². The van der Waals surface area contributed by atoms with Crippen LogP contribution in [0.5, 0.6) is 0 Å². The first-order valence-electron chi connectivity index (χ1n) is 5.01. The third-order valence-corrected chi connectivity index (χ3v) is 2.90. The summed E-state index contributed by atoms with van der Waals surface area (Å²) in [5.41, 5.74) is 0. The Morgan fingerprint density at radius 3 is 2.93 bits per heavy atom. The van der Waals surface area contributed by atoms with E-state index in [1.54, 1.807) is 11.8 Å². The van der Waals surface area contributed by atoms with Crippen LogP contribution < -0.4 is 5.32 Å². The Hall–Kier alpha value is -0.480. The SMILES string of the molecule is CC(C)CNCCSc1nccn1C. The summed E-state index contributed by atoms with van der Waals surface area (Å²) in [6, 6.07) is 0. The zero-order valence-corrected chi connectivity index (χ0v) is 9.97. The van der Waals surface area contributed by atoms with Crippen LogP contribution in [0, 0.1) is 5.92 Å². The lowest BCUT2D eigenvalue weighted by atomic mass is 10.2. The van der Waals surface area contributed by atoms with Gasteiger partial charge in [0.1, 0.15) is 0 Å². The highest BCUT2D eigenvalue weighted by atomic mass is 32.2. The minimum Gasteiger partial charge on any atom is -0.329 e. The van der Waals surface area contributed by atoms with Gasteiger partial charge in [-0.2, -0.15) is 0 Å². The molecule has 1 rings (SSSR count). The van der Waals surface area contributed by atoms with Gasteiger partial charge in [0.05, 0.1) is 0 Å². The maximum absolute atomic E-state index is 4.25. The maximum Gasteiger partial charge on any atom is 0.167 e. The van der Waals surface area contributed by atoms with Crippen LogP contribution in [0.3, 0.4) is 0 Å². The van der Waals surface area contributed by atoms with Crippen LogP contribution >= 0.6 is 11.8 Å². The van der Waals surface area contributed by atoms with E-state index in [1.807, 2.05) is 24.0 Å². The predicted molar refractivity (Wildman–Crippen MR) is 61.6 cm³/mol. The molecule has 0 saturated carbocycles. The van der Waals surface area contributed by atoms with E-state index < -0.39 is 0 Å². The quantitative estimate of drug-likeness (QED) is 0.577. The van der Waals surface area contributed by atoms with Crippen molar-refractivity contribution < 1.29 is 0 Å². The van der Waals surface area contributed by atoms with Gasteiger partial charge in [-0.1, -0.05) is 25.6 Å². The normalized spacial score (nSPS) is 11.1. The van der Waals surface area contributed by atoms with Crippen molar-refractivity contribution >= 4 is 11.8 Å². The van der Waals surface area contributed by atoms with Gasteiger partial charge in [0.25, 0.3) is 0 Å². The van der Waals surface area contributed by atoms with Crippen molar-refractivity contribution in [2.75, 3.05) is 18.8 Å². The molecule has 0 unspecified atom stereocenters. The first-order chi connectivity index (χ1) is 6.70. The van der Waals surface area contributed by atoms with Gasteiger partial charge in [0.2, 0.25) is 0 Å². The van der Waals surface area contributed by atoms with Crippen LogP contribution in [0.15, 0.2) is 17.6 Å². The summed E-state index contributed by atoms with van der Waals surface area (Å²) in [6.45, 7) is 6.59. The molecule has 0 atom stereocenters. The second-order valence-corrected chi connectivity index (χ2v) is 4.83. The highest BCUT2D eigenvalue weighted by molar-refractivity contribution is 7.99. The number of imidazole rings is 1. The summed E-state index contributed by atoms with van der Waals surface area (Å²) in [6.07, 6.45) is 3.81. The molecule has 0 aliphatic carbocycles. The Labute approximate surface area is 90.3 Å². The standard InChI is InChI=1S/C10H19N3S/c1-9(2)8-11-5-7-14-10-12-4-6-13(10)3/h4,6,9,11H,5,7-8H2,1-3H3. The molecule has 0 saturated heterocycles. The van der Waals surface area contributed by atoms with Crippen molar-refractivity contribution in [2.24, 2.45) is 13.0 Å². The van der Waals surface area contributed by atoms with Crippen LogP contribution in [0.25, 0.3) is 0 Å². The number of nitrogens with one attached hydrogen (secondary N) is 1. The Kier molecular flexibility index (Phi) is 5.04. The number of aromatic nitrogens is 2. The van der Waals surface area contributed by atoms with E-state index in [0.29, 0.717) is 0 Å². The molecular formula is C10H19N3S. The van der Waals surface area contributed by atoms with E-state index in [4.69, 9.17) is 0 Å². The molecule has 1 aromatic heterocycles. The van der Waals surface area contributed by atoms with E-state index >= 15 is 0 Å². The van der Waals surface area contributed by atoms with Gasteiger partial charge in [-0.25, -0.2) is 4.98 Å². The number of thioether (sulfide) groups is 1. The Balaban J connectivity index is 2.08. The van der Waals surface area contributed by atoms with E-state index in [-0.39, 0.29) is 0 Å². The van der Waals surface area contributed by atoms with Gasteiger partial charge in [-0.15, -0.1) is 0 Å². The lowest BCUT2D eigenvalue weighted by molar-refractivity contribution is 0.568. The van der Waals surface area contributed by atoms with Gasteiger partial charge in [-0.05, 0) is 12.5 Å². The fraction of sp³-hybridized carbons (Fsp3) is 0.700. The number of rotatable bonds is 6. The smallest absolute Gasteiger partial charge is 0.167 e. The van der Waals surface area contributed by atoms with Gasteiger partial charge in [0.15, 0.2) is 5.16 Å². The lowest BCUT2D eigenvalue weighted by Gasteiger charge is -2.06. The summed E-state index contributed by atoms with van der Waals surface area (Å²) < 4.78 is 2.05. The van der Waals surface area contributed by atoms with Crippen molar-refractivity contribution in [3.05, 3.63) is 12.4 Å². The predicted octanol–water partition coefficient (Wildman–Crippen LogP) is 1.76. The fourth-order valence-electron chi connectivity index (χ4n) is 1.10. The van der Waals surface area contributed by atoms with Crippen molar-refractivity contribution in [3.63, 3.8) is 0 Å². The minimum absolute atomic E-state index is 0.730. The third kappa shape index (κ3) is 4.15. The zero-order chi connectivity index (χ0) is 10.4. The molecule has 0 radical (unpaired) electrons. The summed E-state index contributed by atoms with van der Waals surface area (Å²) >= 11 is 1.79. The summed E-state index contributed by atoms with van der Waals surface area (Å²) in [5, 5.41) is 4.50. The molecule has 0 aliphatic heterocycles. The Bertz CT molecular complexity index is 258. The molecule has 0 spiro atoms. The van der Waals surface area contributed by atoms with E-state index in [2.05, 4.69) is 24.1 Å². The highest BCUT2D eigenvalue weighted by Gasteiger charge is 1.99. The number of hydrogen-bond acceptors (Lipinski definition) is 3. The van der Waals surface area contributed by atoms with Gasteiger partial charge < -0.3 is 9.88 Å². The number of nitrogens with zero attached hydrogens (tertiary/aromatic N) is 2. The molecule has 1 heterocycles. The second kappa shape index (κ2) is 6.09. The van der Waals surface area contributed by atoms with Crippen molar-refractivity contribution in [1.82, 2.24) is 14.9 Å². The van der Waals surface area contributed by atoms with Crippen LogP contribution in [0.4, 0.5) is 0 Å². The van der Waals surface area contributed by atoms with Crippen LogP contribution in [-0.2, 0) is 7.05 Å². The molecule has 0 aromatic carbocycles. The van der Waals surface area contributed by atoms with E-state index in [9.17, 15) is 0 Å². The summed E-state index contributed by atoms with van der Waals surface area (Å²) in [4.78, 5) is 4.25. The minimum atomic E-state index is 0.730. The molecule has 3 nitrogen and oxygen atoms in total. The molecule has 0 bridgehead atoms. The summed E-state index contributed by atoms with van der Waals surface area (Å²) in [5.74, 6) is 1.81. The summed E-state index contributed by atoms with van der Waals surface area (Å²) in [7, 11) is 2.02. The zero-order valence-electron chi connectivity index (χ0n) is 9.16. The Morgan fingerprint density at radius 1 is 1.57 bits per heavy atom. The monoisotopic (exact) mass is 213 g/mol. The first kappa shape index (κ1) is 11.6. The molecular weight excluding hydrogens is 194 g/mol. The molecule has 0 amide bonds. The average Bonchev–Trinajstić information content (AvgIpc) is 2.51. The molecule has 0 fully saturated rings. The largest absolute Gasteiger partial charge is 0.329 e. The first-order valence-corrected chi connectivity index (χ1v) is 5.99. The van der Waals surface area contributed by atoms with E-state index in [1.165, 1.54) is 0 Å². The van der Waals surface area contributed by atoms with Gasteiger partial charge in [-0.3, -0.25) is 0 Å². The van der Waals surface area contributed by atoms with Crippen molar-refractivity contribution in [2.45, 2.75) is 19.0 Å². The van der Waals surface area contributed by atoms with Crippen LogP contribution in [0.2, 0.25) is 0 Å². The maximum atomic E-state index is 4.25. The lowest BCUT2D eigenvalue weighted by Crippen LogP contribution is -2.22. The highest BCUT2D eigenvalue weighted by Crippen LogP contribution is 2.12. The van der Waals surface area contributed by atoms with Crippen LogP contribution in [-0.4, -0.2) is 28.4 Å². The molecule has 1 aromatic rings. The number of hydrogen-bond donors (Lipinski definition) is 1. The average molecular weight is 213 g/mol. The van der Waals surface area contributed by atoms with Gasteiger partial charge >= 0.3 is 0 Å². The second-order valence-electron chi connectivity index (χ2n) is 3.77. The molecule has 1 N–H and O–H groups in total. The van der Waals surface area contributed by atoms with Gasteiger partial charge in [0, 0.05) is 31.7 Å². The van der Waals surface area contributed by atoms with Crippen molar-refractivity contribution in [3.8, 4) is 0 Å². The van der Waals surface area contributed by atoms with E-state index in [0.717, 1.165) is 29.9 Å². The molecule has 80 valence electrons. The molecule has 14 heavy (non-hydrogen) atoms.